The number of carbonyl (C=O) groups is 2. The Kier molecular flexibility index (Phi) is 6.48. The molecular weight excluding hydrogens is 374 g/mol. The highest BCUT2D eigenvalue weighted by Gasteiger charge is 2.28. The summed E-state index contributed by atoms with van der Waals surface area (Å²) in [5.74, 6) is 0.287. The molecule has 2 aliphatic rings. The molecule has 2 fully saturated rings. The van der Waals surface area contributed by atoms with E-state index in [1.54, 1.807) is 0 Å². The van der Waals surface area contributed by atoms with Gasteiger partial charge in [-0.15, -0.1) is 0 Å². The van der Waals surface area contributed by atoms with Crippen molar-refractivity contribution in [2.75, 3.05) is 11.9 Å². The average Bonchev–Trinajstić information content (AvgIpc) is 3.23. The van der Waals surface area contributed by atoms with Crippen LogP contribution in [0.1, 0.15) is 72.3 Å². The predicted molar refractivity (Wildman–Crippen MR) is 119 cm³/mol. The third-order valence-corrected chi connectivity index (χ3v) is 6.51. The second-order valence-corrected chi connectivity index (χ2v) is 8.64. The number of likely N-dealkylation sites (tertiary alicyclic amines) is 1. The maximum Gasteiger partial charge on any atom is 0.255 e. The molecule has 2 aromatic rings. The first-order chi connectivity index (χ1) is 14.6. The van der Waals surface area contributed by atoms with Gasteiger partial charge in [0.05, 0.1) is 6.04 Å². The quantitative estimate of drug-likeness (QED) is 0.746. The first-order valence-electron chi connectivity index (χ1n) is 11.1. The number of rotatable bonds is 6. The van der Waals surface area contributed by atoms with Crippen LogP contribution in [0.2, 0.25) is 0 Å². The molecule has 1 unspecified atom stereocenters. The van der Waals surface area contributed by atoms with E-state index in [4.69, 9.17) is 5.73 Å². The molecule has 0 aromatic heterocycles. The van der Waals surface area contributed by atoms with E-state index in [0.29, 0.717) is 18.0 Å². The van der Waals surface area contributed by atoms with E-state index in [-0.39, 0.29) is 17.9 Å². The van der Waals surface area contributed by atoms with E-state index in [2.05, 4.69) is 22.3 Å². The number of amides is 2. The molecule has 2 amide bonds. The SMILES string of the molecule is NC(=O)C1CCCN1Cc1cccc(NC(=O)c2ccc(C3CCCCC3)cc2)c1. The molecule has 30 heavy (non-hydrogen) atoms. The van der Waals surface area contributed by atoms with Crippen molar-refractivity contribution in [2.24, 2.45) is 5.73 Å². The number of hydrogen-bond acceptors (Lipinski definition) is 3. The Labute approximate surface area is 178 Å². The van der Waals surface area contributed by atoms with Crippen LogP contribution in [0.25, 0.3) is 0 Å². The van der Waals surface area contributed by atoms with Gasteiger partial charge in [0.2, 0.25) is 5.91 Å². The fourth-order valence-electron chi connectivity index (χ4n) is 4.87. The van der Waals surface area contributed by atoms with Gasteiger partial charge >= 0.3 is 0 Å². The van der Waals surface area contributed by atoms with E-state index in [1.807, 2.05) is 36.4 Å². The molecule has 158 valence electrons. The van der Waals surface area contributed by atoms with Crippen LogP contribution in [0.15, 0.2) is 48.5 Å². The van der Waals surface area contributed by atoms with E-state index in [9.17, 15) is 9.59 Å². The standard InChI is InChI=1S/C25H31N3O2/c26-24(29)23-10-5-15-28(23)17-18-6-4-9-22(16-18)27-25(30)21-13-11-20(12-14-21)19-7-2-1-3-8-19/h4,6,9,11-14,16,19,23H,1-3,5,7-8,10,15,17H2,(H2,26,29)(H,27,30). The van der Waals surface area contributed by atoms with Gasteiger partial charge in [-0.3, -0.25) is 14.5 Å². The van der Waals surface area contributed by atoms with Crippen molar-refractivity contribution in [1.82, 2.24) is 4.90 Å². The van der Waals surface area contributed by atoms with Crippen molar-refractivity contribution >= 4 is 17.5 Å². The zero-order chi connectivity index (χ0) is 20.9. The minimum Gasteiger partial charge on any atom is -0.368 e. The van der Waals surface area contributed by atoms with Gasteiger partial charge in [-0.1, -0.05) is 43.5 Å². The van der Waals surface area contributed by atoms with E-state index >= 15 is 0 Å². The van der Waals surface area contributed by atoms with E-state index in [0.717, 1.165) is 30.6 Å². The first kappa shape index (κ1) is 20.6. The lowest BCUT2D eigenvalue weighted by Gasteiger charge is -2.22. The normalized spacial score (nSPS) is 20.2. The Balaban J connectivity index is 1.38. The fourth-order valence-corrected chi connectivity index (χ4v) is 4.87. The van der Waals surface area contributed by atoms with Gasteiger partial charge < -0.3 is 11.1 Å². The number of nitrogens with zero attached hydrogens (tertiary/aromatic N) is 1. The van der Waals surface area contributed by atoms with Gasteiger partial charge in [-0.2, -0.15) is 0 Å². The molecular formula is C25H31N3O2. The second kappa shape index (κ2) is 9.43. The molecule has 1 aliphatic heterocycles. The van der Waals surface area contributed by atoms with Crippen LogP contribution in [0, 0.1) is 0 Å². The Morgan fingerprint density at radius 1 is 0.967 bits per heavy atom. The van der Waals surface area contributed by atoms with Crippen molar-refractivity contribution in [1.29, 1.82) is 0 Å². The van der Waals surface area contributed by atoms with Crippen LogP contribution in [-0.4, -0.2) is 29.3 Å². The van der Waals surface area contributed by atoms with E-state index < -0.39 is 0 Å². The number of carbonyl (C=O) groups excluding carboxylic acids is 2. The summed E-state index contributed by atoms with van der Waals surface area (Å²) >= 11 is 0. The van der Waals surface area contributed by atoms with Crippen LogP contribution in [-0.2, 0) is 11.3 Å². The van der Waals surface area contributed by atoms with Crippen molar-refractivity contribution in [2.45, 2.75) is 63.5 Å². The number of nitrogens with two attached hydrogens (primary N) is 1. The number of benzene rings is 2. The molecule has 1 saturated heterocycles. The highest BCUT2D eigenvalue weighted by atomic mass is 16.2. The van der Waals surface area contributed by atoms with Gasteiger partial charge in [0.15, 0.2) is 0 Å². The minimum atomic E-state index is -0.256. The highest BCUT2D eigenvalue weighted by Crippen LogP contribution is 2.32. The lowest BCUT2D eigenvalue weighted by atomic mass is 9.84. The maximum absolute atomic E-state index is 12.7. The van der Waals surface area contributed by atoms with Crippen LogP contribution in [0.5, 0.6) is 0 Å². The molecule has 1 saturated carbocycles. The Morgan fingerprint density at radius 3 is 2.47 bits per heavy atom. The van der Waals surface area contributed by atoms with Gasteiger partial charge in [0, 0.05) is 17.8 Å². The summed E-state index contributed by atoms with van der Waals surface area (Å²) in [4.78, 5) is 26.5. The molecule has 0 spiro atoms. The lowest BCUT2D eigenvalue weighted by Crippen LogP contribution is -2.39. The zero-order valence-corrected chi connectivity index (χ0v) is 17.5. The number of hydrogen-bond donors (Lipinski definition) is 2. The summed E-state index contributed by atoms with van der Waals surface area (Å²) in [6.07, 6.45) is 8.28. The van der Waals surface area contributed by atoms with Crippen molar-refractivity contribution in [3.05, 3.63) is 65.2 Å². The zero-order valence-electron chi connectivity index (χ0n) is 17.5. The predicted octanol–water partition coefficient (Wildman–Crippen LogP) is 4.44. The summed E-state index contributed by atoms with van der Waals surface area (Å²) in [6.45, 7) is 1.53. The summed E-state index contributed by atoms with van der Waals surface area (Å²) < 4.78 is 0. The van der Waals surface area contributed by atoms with Crippen LogP contribution in [0.3, 0.4) is 0 Å². The van der Waals surface area contributed by atoms with Crippen molar-refractivity contribution in [3.8, 4) is 0 Å². The Hall–Kier alpha value is -2.66. The first-order valence-corrected chi connectivity index (χ1v) is 11.1. The number of primary amides is 1. The molecule has 4 rings (SSSR count). The molecule has 0 radical (unpaired) electrons. The van der Waals surface area contributed by atoms with Crippen LogP contribution < -0.4 is 11.1 Å². The third kappa shape index (κ3) is 4.90. The Bertz CT molecular complexity index is 888. The molecule has 5 heteroatoms. The summed E-state index contributed by atoms with van der Waals surface area (Å²) in [5, 5.41) is 3.01. The van der Waals surface area contributed by atoms with Gasteiger partial charge in [0.25, 0.3) is 5.91 Å². The second-order valence-electron chi connectivity index (χ2n) is 8.64. The topological polar surface area (TPSA) is 75.4 Å². The molecule has 5 nitrogen and oxygen atoms in total. The summed E-state index contributed by atoms with van der Waals surface area (Å²) in [7, 11) is 0. The minimum absolute atomic E-state index is 0.0986. The largest absolute Gasteiger partial charge is 0.368 e. The van der Waals surface area contributed by atoms with E-state index in [1.165, 1.54) is 37.7 Å². The smallest absolute Gasteiger partial charge is 0.255 e. The molecule has 3 N–H and O–H groups in total. The summed E-state index contributed by atoms with van der Waals surface area (Å²) in [5.41, 5.74) is 9.38. The fraction of sp³-hybridized carbons (Fsp3) is 0.440. The van der Waals surface area contributed by atoms with Gasteiger partial charge in [-0.05, 0) is 73.5 Å². The molecule has 1 aliphatic carbocycles. The number of anilines is 1. The third-order valence-electron chi connectivity index (χ3n) is 6.51. The van der Waals surface area contributed by atoms with Gasteiger partial charge in [0.1, 0.15) is 0 Å². The highest BCUT2D eigenvalue weighted by molar-refractivity contribution is 6.04. The molecule has 0 bridgehead atoms. The number of nitrogens with one attached hydrogen (secondary N) is 1. The summed E-state index contributed by atoms with van der Waals surface area (Å²) in [6, 6.07) is 15.7. The molecule has 2 aromatic carbocycles. The molecule has 1 atom stereocenters. The molecule has 1 heterocycles. The van der Waals surface area contributed by atoms with Crippen LogP contribution in [0.4, 0.5) is 5.69 Å². The van der Waals surface area contributed by atoms with Crippen molar-refractivity contribution < 1.29 is 9.59 Å². The average molecular weight is 406 g/mol. The van der Waals surface area contributed by atoms with Crippen molar-refractivity contribution in [3.63, 3.8) is 0 Å². The lowest BCUT2D eigenvalue weighted by molar-refractivity contribution is -0.122. The van der Waals surface area contributed by atoms with Gasteiger partial charge in [-0.25, -0.2) is 0 Å². The maximum atomic E-state index is 12.7. The Morgan fingerprint density at radius 2 is 1.73 bits per heavy atom. The monoisotopic (exact) mass is 405 g/mol. The van der Waals surface area contributed by atoms with Crippen LogP contribution >= 0.6 is 0 Å².